The van der Waals surface area contributed by atoms with Gasteiger partial charge in [-0.05, 0) is 60.7 Å². The fourth-order valence-corrected chi connectivity index (χ4v) is 7.51. The Morgan fingerprint density at radius 2 is 1.56 bits per heavy atom. The molecule has 1 spiro atoms. The van der Waals surface area contributed by atoms with Crippen molar-refractivity contribution >= 4 is 27.7 Å². The number of anilines is 1. The summed E-state index contributed by atoms with van der Waals surface area (Å²) in [5, 5.41) is 0. The normalized spacial score (nSPS) is 19.0. The van der Waals surface area contributed by atoms with Crippen LogP contribution >= 0.6 is 0 Å². The molecular formula is C30H30N2O3S. The van der Waals surface area contributed by atoms with Crippen LogP contribution in [0.5, 0.6) is 0 Å². The molecule has 1 saturated carbocycles. The van der Waals surface area contributed by atoms with E-state index < -0.39 is 10.0 Å². The average molecular weight is 499 g/mol. The minimum Gasteiger partial charge on any atom is -0.307 e. The molecule has 3 aromatic carbocycles. The van der Waals surface area contributed by atoms with Crippen LogP contribution in [0.4, 0.5) is 5.69 Å². The third-order valence-corrected chi connectivity index (χ3v) is 9.85. The Balaban J connectivity index is 1.40. The number of sulfonamides is 1. The largest absolute Gasteiger partial charge is 0.307 e. The summed E-state index contributed by atoms with van der Waals surface area (Å²) in [7, 11) is -3.80. The van der Waals surface area contributed by atoms with Crippen molar-refractivity contribution in [3.05, 3.63) is 101 Å². The van der Waals surface area contributed by atoms with Gasteiger partial charge in [-0.3, -0.25) is 4.79 Å². The summed E-state index contributed by atoms with van der Waals surface area (Å²) < 4.78 is 28.9. The second-order valence-corrected chi connectivity index (χ2v) is 12.3. The fourth-order valence-electron chi connectivity index (χ4n) is 6.11. The van der Waals surface area contributed by atoms with Gasteiger partial charge in [-0.25, -0.2) is 8.42 Å². The van der Waals surface area contributed by atoms with Gasteiger partial charge in [0.05, 0.1) is 4.90 Å². The molecule has 1 aliphatic carbocycles. The molecule has 184 valence electrons. The third-order valence-electron chi connectivity index (χ3n) is 8.04. The molecule has 1 fully saturated rings. The lowest BCUT2D eigenvalue weighted by Gasteiger charge is -2.26. The van der Waals surface area contributed by atoms with Crippen LogP contribution in [0.15, 0.2) is 83.3 Å². The van der Waals surface area contributed by atoms with E-state index in [2.05, 4.69) is 12.1 Å². The lowest BCUT2D eigenvalue weighted by atomic mass is 9.81. The molecule has 0 aromatic heterocycles. The molecule has 1 amide bonds. The molecule has 6 heteroatoms. The van der Waals surface area contributed by atoms with Crippen molar-refractivity contribution in [2.24, 2.45) is 0 Å². The molecule has 6 rings (SSSR count). The van der Waals surface area contributed by atoms with Crippen LogP contribution in [0.2, 0.25) is 0 Å². The van der Waals surface area contributed by atoms with Crippen molar-refractivity contribution in [1.29, 1.82) is 0 Å². The molecule has 0 radical (unpaired) electrons. The lowest BCUT2D eigenvalue weighted by molar-refractivity contribution is -0.115. The van der Waals surface area contributed by atoms with Gasteiger partial charge in [-0.1, -0.05) is 73.0 Å². The van der Waals surface area contributed by atoms with Gasteiger partial charge in [0.15, 0.2) is 0 Å². The van der Waals surface area contributed by atoms with Gasteiger partial charge in [0.1, 0.15) is 0 Å². The molecule has 36 heavy (non-hydrogen) atoms. The first kappa shape index (κ1) is 23.2. The van der Waals surface area contributed by atoms with E-state index >= 15 is 0 Å². The lowest BCUT2D eigenvalue weighted by Crippen LogP contribution is -2.39. The maximum atomic E-state index is 14.2. The minimum absolute atomic E-state index is 0.0170. The summed E-state index contributed by atoms with van der Waals surface area (Å²) in [5.74, 6) is -0.105. The van der Waals surface area contributed by atoms with Crippen molar-refractivity contribution in [1.82, 2.24) is 4.31 Å². The zero-order chi connectivity index (χ0) is 24.9. The molecular weight excluding hydrogens is 468 g/mol. The van der Waals surface area contributed by atoms with Gasteiger partial charge >= 0.3 is 0 Å². The summed E-state index contributed by atoms with van der Waals surface area (Å²) in [5.41, 5.74) is 5.53. The van der Waals surface area contributed by atoms with E-state index in [4.69, 9.17) is 0 Å². The van der Waals surface area contributed by atoms with Crippen LogP contribution in [-0.2, 0) is 26.8 Å². The minimum atomic E-state index is -3.80. The molecule has 2 heterocycles. The number of carbonyl (C=O) groups is 1. The smallest absolute Gasteiger partial charge is 0.255 e. The van der Waals surface area contributed by atoms with E-state index in [1.54, 1.807) is 12.1 Å². The summed E-state index contributed by atoms with van der Waals surface area (Å²) in [6.45, 7) is 2.85. The van der Waals surface area contributed by atoms with Gasteiger partial charge in [0, 0.05) is 36.3 Å². The van der Waals surface area contributed by atoms with Crippen LogP contribution < -0.4 is 4.90 Å². The second-order valence-electron chi connectivity index (χ2n) is 10.4. The highest BCUT2D eigenvalue weighted by atomic mass is 32.2. The number of rotatable bonds is 3. The van der Waals surface area contributed by atoms with Crippen molar-refractivity contribution in [3.63, 3.8) is 0 Å². The van der Waals surface area contributed by atoms with Crippen LogP contribution in [0, 0.1) is 6.92 Å². The Labute approximate surface area is 213 Å². The molecule has 0 unspecified atom stereocenters. The number of fused-ring (bicyclic) bond motifs is 3. The number of hydrogen-bond acceptors (Lipinski definition) is 3. The highest BCUT2D eigenvalue weighted by Crippen LogP contribution is 2.50. The topological polar surface area (TPSA) is 57.7 Å². The molecule has 3 aromatic rings. The number of hydrogen-bond donors (Lipinski definition) is 0. The van der Waals surface area contributed by atoms with Gasteiger partial charge in [0.2, 0.25) is 10.0 Å². The Morgan fingerprint density at radius 3 is 2.33 bits per heavy atom. The van der Waals surface area contributed by atoms with E-state index in [9.17, 15) is 13.2 Å². The van der Waals surface area contributed by atoms with Crippen LogP contribution in [0.25, 0.3) is 6.08 Å². The van der Waals surface area contributed by atoms with Gasteiger partial charge in [-0.2, -0.15) is 4.31 Å². The first-order valence-corrected chi connectivity index (χ1v) is 14.1. The summed E-state index contributed by atoms with van der Waals surface area (Å²) in [6.07, 6.45) is 6.42. The Bertz CT molecular complexity index is 1470. The number of para-hydroxylation sites is 1. The summed E-state index contributed by atoms with van der Waals surface area (Å²) in [4.78, 5) is 16.3. The molecule has 2 aliphatic heterocycles. The highest BCUT2D eigenvalue weighted by Gasteiger charge is 2.46. The first-order valence-electron chi connectivity index (χ1n) is 12.6. The van der Waals surface area contributed by atoms with Crippen molar-refractivity contribution in [2.45, 2.75) is 49.5 Å². The predicted molar refractivity (Wildman–Crippen MR) is 142 cm³/mol. The van der Waals surface area contributed by atoms with E-state index in [0.29, 0.717) is 12.1 Å². The molecule has 0 atom stereocenters. The van der Waals surface area contributed by atoms with Crippen molar-refractivity contribution in [3.8, 4) is 0 Å². The van der Waals surface area contributed by atoms with Gasteiger partial charge in [0.25, 0.3) is 5.91 Å². The maximum Gasteiger partial charge on any atom is 0.255 e. The van der Waals surface area contributed by atoms with Crippen molar-refractivity contribution in [2.75, 3.05) is 18.0 Å². The monoisotopic (exact) mass is 498 g/mol. The number of amides is 1. The van der Waals surface area contributed by atoms with E-state index in [0.717, 1.165) is 35.2 Å². The van der Waals surface area contributed by atoms with Gasteiger partial charge < -0.3 is 4.90 Å². The van der Waals surface area contributed by atoms with Crippen molar-refractivity contribution < 1.29 is 13.2 Å². The Hall–Kier alpha value is -3.22. The highest BCUT2D eigenvalue weighted by molar-refractivity contribution is 7.89. The van der Waals surface area contributed by atoms with Gasteiger partial charge in [-0.15, -0.1) is 0 Å². The Morgan fingerprint density at radius 1 is 0.861 bits per heavy atom. The maximum absolute atomic E-state index is 14.2. The Kier molecular flexibility index (Phi) is 5.61. The fraction of sp³-hybridized carbons (Fsp3) is 0.300. The third kappa shape index (κ3) is 3.80. The van der Waals surface area contributed by atoms with E-state index in [1.165, 1.54) is 22.7 Å². The molecule has 0 N–H and O–H groups in total. The second kappa shape index (κ2) is 8.71. The SMILES string of the molecule is Cc1ccc(S(=O)(=O)N2CC(C(=O)N3CC4(CCCC4)c4ccccc43)=Cc3ccccc3C2)cc1. The molecule has 0 saturated heterocycles. The predicted octanol–water partition coefficient (Wildman–Crippen LogP) is 5.44. The zero-order valence-electron chi connectivity index (χ0n) is 20.5. The van der Waals surface area contributed by atoms with Crippen LogP contribution in [0.3, 0.4) is 0 Å². The summed E-state index contributed by atoms with van der Waals surface area (Å²) in [6, 6.07) is 22.9. The van der Waals surface area contributed by atoms with E-state index in [-0.39, 0.29) is 29.3 Å². The standard InChI is InChI=1S/C30H30N2O3S/c1-22-12-14-26(15-13-22)36(34,35)31-19-24-9-3-2-8-23(24)18-25(20-31)29(33)32-21-30(16-6-7-17-30)27-10-4-5-11-28(27)32/h2-5,8-15,18H,6-7,16-17,19-21H2,1H3. The molecule has 3 aliphatic rings. The first-order chi connectivity index (χ1) is 17.4. The number of aryl methyl sites for hydroxylation is 1. The average Bonchev–Trinajstić information content (AvgIpc) is 3.43. The zero-order valence-corrected chi connectivity index (χ0v) is 21.3. The molecule has 0 bridgehead atoms. The number of carbonyl (C=O) groups excluding carboxylic acids is 1. The summed E-state index contributed by atoms with van der Waals surface area (Å²) >= 11 is 0. The van der Waals surface area contributed by atoms with Crippen LogP contribution in [-0.4, -0.2) is 31.7 Å². The number of nitrogens with zero attached hydrogens (tertiary/aromatic N) is 2. The molecule has 5 nitrogen and oxygen atoms in total. The number of benzene rings is 3. The quantitative estimate of drug-likeness (QED) is 0.483. The van der Waals surface area contributed by atoms with Crippen LogP contribution in [0.1, 0.15) is 47.9 Å². The van der Waals surface area contributed by atoms with E-state index in [1.807, 2.05) is 66.4 Å².